The Bertz CT molecular complexity index is 820. The number of nitriles is 1. The molecule has 2 N–H and O–H groups in total. The Balaban J connectivity index is 2.16. The number of anilines is 2. The summed E-state index contributed by atoms with van der Waals surface area (Å²) >= 11 is 7.37. The van der Waals surface area contributed by atoms with Gasteiger partial charge >= 0.3 is 0 Å². The summed E-state index contributed by atoms with van der Waals surface area (Å²) in [7, 11) is 1.48. The summed E-state index contributed by atoms with van der Waals surface area (Å²) < 4.78 is 5.16. The van der Waals surface area contributed by atoms with Crippen LogP contribution in [0.4, 0.5) is 10.8 Å². The molecule has 124 valence electrons. The lowest BCUT2D eigenvalue weighted by atomic mass is 10.2. The molecule has 1 aromatic heterocycles. The van der Waals surface area contributed by atoms with Crippen LogP contribution in [0.1, 0.15) is 10.6 Å². The number of halogens is 1. The Kier molecular flexibility index (Phi) is 5.79. The molecule has 2 aromatic rings. The molecular weight excluding hydrogens is 348 g/mol. The number of nitrogens with zero attached hydrogens (tertiary/aromatic N) is 2. The van der Waals surface area contributed by atoms with Gasteiger partial charge in [0.1, 0.15) is 17.4 Å². The molecule has 1 aromatic carbocycles. The van der Waals surface area contributed by atoms with E-state index in [-0.39, 0.29) is 5.57 Å². The number of carbonyl (C=O) groups excluding carboxylic acids is 1. The molecule has 0 bridgehead atoms. The minimum atomic E-state index is -0.574. The smallest absolute Gasteiger partial charge is 0.267 e. The number of benzene rings is 1. The fourth-order valence-electron chi connectivity index (χ4n) is 1.78. The second-order valence-corrected chi connectivity index (χ2v) is 6.41. The first kappa shape index (κ1) is 17.8. The van der Waals surface area contributed by atoms with Crippen LogP contribution >= 0.6 is 22.9 Å². The number of ether oxygens (including phenoxy) is 1. The zero-order chi connectivity index (χ0) is 17.7. The number of aryl methyl sites for hydroxylation is 2. The van der Waals surface area contributed by atoms with Crippen LogP contribution in [-0.4, -0.2) is 18.0 Å². The van der Waals surface area contributed by atoms with Gasteiger partial charge in [-0.1, -0.05) is 11.6 Å². The molecule has 0 saturated carbocycles. The van der Waals surface area contributed by atoms with E-state index >= 15 is 0 Å². The maximum atomic E-state index is 12.3. The van der Waals surface area contributed by atoms with Gasteiger partial charge in [0, 0.05) is 16.1 Å². The number of amides is 1. The van der Waals surface area contributed by atoms with Crippen LogP contribution in [0.2, 0.25) is 5.02 Å². The minimum absolute atomic E-state index is 0.0949. The van der Waals surface area contributed by atoms with Crippen molar-refractivity contribution in [3.8, 4) is 11.8 Å². The lowest BCUT2D eigenvalue weighted by Crippen LogP contribution is -2.15. The van der Waals surface area contributed by atoms with Gasteiger partial charge < -0.3 is 15.4 Å². The van der Waals surface area contributed by atoms with Crippen LogP contribution in [0, 0.1) is 25.2 Å². The van der Waals surface area contributed by atoms with Crippen LogP contribution in [0.25, 0.3) is 0 Å². The first-order chi connectivity index (χ1) is 11.4. The van der Waals surface area contributed by atoms with Crippen LogP contribution < -0.4 is 15.4 Å². The average molecular weight is 363 g/mol. The Morgan fingerprint density at radius 1 is 1.46 bits per heavy atom. The standard InChI is InChI=1S/C16H15ClN4O2S/c1-9-10(2)24-16(20-9)19-8-11(7-18)15(22)21-13-6-12(17)4-5-14(13)23-3/h4-6,8H,1-3H3,(H,19,20)(H,21,22)/b11-8-. The molecule has 0 atom stereocenters. The number of rotatable bonds is 5. The number of hydrogen-bond donors (Lipinski definition) is 2. The highest BCUT2D eigenvalue weighted by atomic mass is 35.5. The second kappa shape index (κ2) is 7.81. The van der Waals surface area contributed by atoms with Crippen molar-refractivity contribution in [2.24, 2.45) is 0 Å². The molecule has 0 spiro atoms. The van der Waals surface area contributed by atoms with Crippen molar-refractivity contribution in [1.82, 2.24) is 4.98 Å². The monoisotopic (exact) mass is 362 g/mol. The molecule has 0 aliphatic rings. The number of hydrogen-bond acceptors (Lipinski definition) is 6. The number of methoxy groups -OCH3 is 1. The molecular formula is C16H15ClN4O2S. The first-order valence-electron chi connectivity index (χ1n) is 6.90. The van der Waals surface area contributed by atoms with Gasteiger partial charge in [-0.15, -0.1) is 11.3 Å². The molecule has 0 radical (unpaired) electrons. The minimum Gasteiger partial charge on any atom is -0.495 e. The first-order valence-corrected chi connectivity index (χ1v) is 8.09. The van der Waals surface area contributed by atoms with E-state index in [0.717, 1.165) is 10.6 Å². The lowest BCUT2D eigenvalue weighted by molar-refractivity contribution is -0.112. The van der Waals surface area contributed by atoms with Crippen molar-refractivity contribution in [3.05, 3.63) is 45.6 Å². The van der Waals surface area contributed by atoms with Crippen molar-refractivity contribution < 1.29 is 9.53 Å². The van der Waals surface area contributed by atoms with Gasteiger partial charge in [-0.05, 0) is 32.0 Å². The van der Waals surface area contributed by atoms with Gasteiger partial charge in [0.15, 0.2) is 5.13 Å². The van der Waals surface area contributed by atoms with E-state index in [9.17, 15) is 10.1 Å². The van der Waals surface area contributed by atoms with Crippen LogP contribution in [0.3, 0.4) is 0 Å². The van der Waals surface area contributed by atoms with E-state index in [4.69, 9.17) is 16.3 Å². The maximum Gasteiger partial charge on any atom is 0.267 e. The van der Waals surface area contributed by atoms with E-state index < -0.39 is 5.91 Å². The maximum absolute atomic E-state index is 12.3. The highest BCUT2D eigenvalue weighted by Crippen LogP contribution is 2.28. The summed E-state index contributed by atoms with van der Waals surface area (Å²) in [6.45, 7) is 3.84. The van der Waals surface area contributed by atoms with Crippen molar-refractivity contribution in [2.75, 3.05) is 17.7 Å². The van der Waals surface area contributed by atoms with E-state index in [2.05, 4.69) is 15.6 Å². The fraction of sp³-hybridized carbons (Fsp3) is 0.188. The Hall–Kier alpha value is -2.56. The molecule has 0 unspecified atom stereocenters. The van der Waals surface area contributed by atoms with Gasteiger partial charge in [0.2, 0.25) is 0 Å². The zero-order valence-electron chi connectivity index (χ0n) is 13.3. The van der Waals surface area contributed by atoms with Crippen molar-refractivity contribution in [3.63, 3.8) is 0 Å². The van der Waals surface area contributed by atoms with Gasteiger partial charge in [-0.25, -0.2) is 4.98 Å². The van der Waals surface area contributed by atoms with Gasteiger partial charge in [-0.2, -0.15) is 5.26 Å². The van der Waals surface area contributed by atoms with E-state index in [1.807, 2.05) is 19.9 Å². The number of aromatic nitrogens is 1. The highest BCUT2D eigenvalue weighted by Gasteiger charge is 2.13. The third kappa shape index (κ3) is 4.25. The summed E-state index contributed by atoms with van der Waals surface area (Å²) in [5, 5.41) is 15.7. The normalized spacial score (nSPS) is 10.9. The van der Waals surface area contributed by atoms with E-state index in [1.165, 1.54) is 24.6 Å². The largest absolute Gasteiger partial charge is 0.495 e. The molecule has 8 heteroatoms. The number of nitrogens with one attached hydrogen (secondary N) is 2. The van der Waals surface area contributed by atoms with E-state index in [0.29, 0.717) is 21.6 Å². The molecule has 1 heterocycles. The van der Waals surface area contributed by atoms with Gasteiger partial charge in [0.05, 0.1) is 18.5 Å². The van der Waals surface area contributed by atoms with Crippen LogP contribution in [0.15, 0.2) is 30.0 Å². The topological polar surface area (TPSA) is 87.0 Å². The third-order valence-electron chi connectivity index (χ3n) is 3.14. The molecule has 0 fully saturated rings. The summed E-state index contributed by atoms with van der Waals surface area (Å²) in [6, 6.07) is 6.68. The molecule has 0 saturated heterocycles. The van der Waals surface area contributed by atoms with Crippen molar-refractivity contribution in [1.29, 1.82) is 5.26 Å². The summed E-state index contributed by atoms with van der Waals surface area (Å²) in [4.78, 5) is 17.6. The average Bonchev–Trinajstić information content (AvgIpc) is 2.86. The second-order valence-electron chi connectivity index (χ2n) is 4.77. The quantitative estimate of drug-likeness (QED) is 0.622. The molecule has 24 heavy (non-hydrogen) atoms. The summed E-state index contributed by atoms with van der Waals surface area (Å²) in [6.07, 6.45) is 1.32. The van der Waals surface area contributed by atoms with E-state index in [1.54, 1.807) is 18.2 Å². The number of thiazole rings is 1. The zero-order valence-corrected chi connectivity index (χ0v) is 14.9. The predicted octanol–water partition coefficient (Wildman–Crippen LogP) is 3.88. The van der Waals surface area contributed by atoms with Crippen molar-refractivity contribution >= 4 is 39.7 Å². The Labute approximate surface area is 148 Å². The summed E-state index contributed by atoms with van der Waals surface area (Å²) in [5.41, 5.74) is 1.20. The lowest BCUT2D eigenvalue weighted by Gasteiger charge is -2.10. The van der Waals surface area contributed by atoms with Crippen LogP contribution in [0.5, 0.6) is 5.75 Å². The highest BCUT2D eigenvalue weighted by molar-refractivity contribution is 7.15. The molecule has 2 rings (SSSR count). The molecule has 1 amide bonds. The Morgan fingerprint density at radius 3 is 2.79 bits per heavy atom. The molecule has 0 aliphatic carbocycles. The van der Waals surface area contributed by atoms with Gasteiger partial charge in [0.25, 0.3) is 5.91 Å². The molecule has 0 aliphatic heterocycles. The molecule has 6 nitrogen and oxygen atoms in total. The van der Waals surface area contributed by atoms with Crippen LogP contribution in [-0.2, 0) is 4.79 Å². The Morgan fingerprint density at radius 2 is 2.21 bits per heavy atom. The van der Waals surface area contributed by atoms with Crippen molar-refractivity contribution in [2.45, 2.75) is 13.8 Å². The SMILES string of the molecule is COc1ccc(Cl)cc1NC(=O)/C(C#N)=C\Nc1nc(C)c(C)s1. The number of carbonyl (C=O) groups is 1. The third-order valence-corrected chi connectivity index (χ3v) is 4.38. The predicted molar refractivity (Wildman–Crippen MR) is 95.5 cm³/mol. The van der Waals surface area contributed by atoms with Gasteiger partial charge in [-0.3, -0.25) is 4.79 Å². The summed E-state index contributed by atoms with van der Waals surface area (Å²) in [5.74, 6) is -0.125. The fourth-order valence-corrected chi connectivity index (χ4v) is 2.74.